The molecule has 232 valence electrons. The molecule has 1 fully saturated rings. The number of rotatable bonds is 15. The van der Waals surface area contributed by atoms with Gasteiger partial charge in [-0.3, -0.25) is 19.2 Å². The number of aliphatic carboxylic acids is 1. The van der Waals surface area contributed by atoms with Gasteiger partial charge in [-0.15, -0.1) is 0 Å². The lowest BCUT2D eigenvalue weighted by molar-refractivity contribution is -0.151. The molecular formula is C32H43N5O6. The van der Waals surface area contributed by atoms with Crippen molar-refractivity contribution in [2.24, 2.45) is 15.6 Å². The second-order valence-corrected chi connectivity index (χ2v) is 11.2. The van der Waals surface area contributed by atoms with Crippen molar-refractivity contribution in [3.63, 3.8) is 0 Å². The van der Waals surface area contributed by atoms with Gasteiger partial charge in [0.05, 0.1) is 30.8 Å². The van der Waals surface area contributed by atoms with E-state index in [9.17, 15) is 19.2 Å². The van der Waals surface area contributed by atoms with Crippen molar-refractivity contribution in [2.45, 2.75) is 58.3 Å². The number of carboxylic acids is 1. The fourth-order valence-electron chi connectivity index (χ4n) is 4.54. The molecule has 0 atom stereocenters. The van der Waals surface area contributed by atoms with Gasteiger partial charge in [0.15, 0.2) is 0 Å². The molecule has 1 aliphatic heterocycles. The zero-order valence-corrected chi connectivity index (χ0v) is 25.1. The topological polar surface area (TPSA) is 141 Å². The highest BCUT2D eigenvalue weighted by Gasteiger charge is 2.33. The predicted octanol–water partition coefficient (Wildman–Crippen LogP) is 5.49. The molecule has 0 spiro atoms. The number of amides is 2. The Labute approximate surface area is 254 Å². The molecule has 43 heavy (non-hydrogen) atoms. The maximum Gasteiger partial charge on any atom is 0.306 e. The Hall–Kier alpha value is -4.28. The number of likely N-dealkylation sites (tertiary alicyclic amines) is 1. The third-order valence-corrected chi connectivity index (χ3v) is 7.39. The minimum Gasteiger partial charge on any atom is -0.481 e. The number of azo groups is 1. The van der Waals surface area contributed by atoms with Crippen LogP contribution in [-0.2, 0) is 19.1 Å². The number of carbonyl (C=O) groups is 4. The lowest BCUT2D eigenvalue weighted by Gasteiger charge is -2.39. The number of carbonyl (C=O) groups excluding carboxylic acids is 3. The Morgan fingerprint density at radius 2 is 1.56 bits per heavy atom. The van der Waals surface area contributed by atoms with Crippen molar-refractivity contribution in [3.8, 4) is 0 Å². The first-order valence-corrected chi connectivity index (χ1v) is 14.6. The summed E-state index contributed by atoms with van der Waals surface area (Å²) in [6.45, 7) is 1.67. The average Bonchev–Trinajstić information content (AvgIpc) is 3.03. The van der Waals surface area contributed by atoms with E-state index < -0.39 is 17.4 Å². The van der Waals surface area contributed by atoms with Crippen molar-refractivity contribution in [3.05, 3.63) is 54.1 Å². The Morgan fingerprint density at radius 3 is 2.14 bits per heavy atom. The molecule has 2 aromatic rings. The Bertz CT molecular complexity index is 1280. The van der Waals surface area contributed by atoms with Crippen LogP contribution in [0.5, 0.6) is 0 Å². The molecule has 3 rings (SSSR count). The standard InChI is InChI=1S/C32H43N5O6/c1-32(23-43-30(41)17-16-29(39)40)18-21-37(22-19-32)28(38)7-5-4-6-20-33-31(42)24-8-10-25(11-9-24)34-35-26-12-14-27(15-13-26)36(2)3/h8-15H,4-7,16-23H2,1-3H3,(H,33,42)(H,39,40)/i1T. The summed E-state index contributed by atoms with van der Waals surface area (Å²) in [5.41, 5.74) is 2.51. The highest BCUT2D eigenvalue weighted by atomic mass is 16.5. The second-order valence-electron chi connectivity index (χ2n) is 11.2. The van der Waals surface area contributed by atoms with Gasteiger partial charge in [0, 0.05) is 58.2 Å². The second kappa shape index (κ2) is 16.4. The van der Waals surface area contributed by atoms with E-state index in [1.54, 1.807) is 29.2 Å². The lowest BCUT2D eigenvalue weighted by atomic mass is 9.81. The molecular weight excluding hydrogens is 550 g/mol. The molecule has 2 N–H and O–H groups in total. The number of anilines is 1. The number of unbranched alkanes of at least 4 members (excludes halogenated alkanes) is 2. The van der Waals surface area contributed by atoms with Crippen LogP contribution in [-0.4, -0.2) is 74.1 Å². The van der Waals surface area contributed by atoms with Crippen molar-refractivity contribution < 1.29 is 30.4 Å². The van der Waals surface area contributed by atoms with Gasteiger partial charge in [0.1, 0.15) is 0 Å². The zero-order valence-electron chi connectivity index (χ0n) is 26.1. The van der Waals surface area contributed by atoms with E-state index in [-0.39, 0.29) is 38.2 Å². The highest BCUT2D eigenvalue weighted by molar-refractivity contribution is 5.94. The van der Waals surface area contributed by atoms with Crippen molar-refractivity contribution >= 4 is 40.8 Å². The summed E-state index contributed by atoms with van der Waals surface area (Å²) in [4.78, 5) is 51.4. The van der Waals surface area contributed by atoms with Gasteiger partial charge in [0.25, 0.3) is 5.91 Å². The van der Waals surface area contributed by atoms with Crippen LogP contribution in [0.4, 0.5) is 17.1 Å². The summed E-state index contributed by atoms with van der Waals surface area (Å²) in [6.07, 6.45) is 3.36. The van der Waals surface area contributed by atoms with Gasteiger partial charge in [-0.25, -0.2) is 0 Å². The Kier molecular flexibility index (Phi) is 12.1. The number of ether oxygens (including phenoxy) is 1. The van der Waals surface area contributed by atoms with Crippen LogP contribution in [0.15, 0.2) is 58.8 Å². The molecule has 0 bridgehead atoms. The number of nitrogens with zero attached hydrogens (tertiary/aromatic N) is 4. The predicted molar refractivity (Wildman–Crippen MR) is 164 cm³/mol. The number of piperidine rings is 1. The maximum absolute atomic E-state index is 12.7. The molecule has 0 aliphatic carbocycles. The molecule has 11 nitrogen and oxygen atoms in total. The van der Waals surface area contributed by atoms with E-state index in [0.717, 1.165) is 24.2 Å². The molecule has 2 aromatic carbocycles. The Balaban J connectivity index is 1.29. The summed E-state index contributed by atoms with van der Waals surface area (Å²) in [5.74, 6) is -1.73. The summed E-state index contributed by atoms with van der Waals surface area (Å²) >= 11 is 0. The number of carboxylic acid groups (broad SMARTS) is 1. The minimum atomic E-state index is -1.06. The fourth-order valence-corrected chi connectivity index (χ4v) is 4.54. The van der Waals surface area contributed by atoms with Gasteiger partial charge in [-0.05, 0) is 74.2 Å². The van der Waals surface area contributed by atoms with Crippen LogP contribution in [0.25, 0.3) is 0 Å². The molecule has 0 unspecified atom stereocenters. The largest absolute Gasteiger partial charge is 0.481 e. The van der Waals surface area contributed by atoms with Crippen LogP contribution in [0.1, 0.15) is 70.0 Å². The minimum absolute atomic E-state index is 0.0638. The van der Waals surface area contributed by atoms with Crippen LogP contribution >= 0.6 is 0 Å². The summed E-state index contributed by atoms with van der Waals surface area (Å²) < 4.78 is 13.2. The van der Waals surface area contributed by atoms with Crippen molar-refractivity contribution in [2.75, 3.05) is 45.2 Å². The molecule has 2 amide bonds. The third kappa shape index (κ3) is 11.5. The monoisotopic (exact) mass is 595 g/mol. The lowest BCUT2D eigenvalue weighted by Crippen LogP contribution is -2.44. The molecule has 0 radical (unpaired) electrons. The SMILES string of the molecule is [3H]CC1(COC(=O)CCC(=O)O)CCN(C(=O)CCCCCNC(=O)c2ccc(N=Nc3ccc(N(C)C)cc3)cc2)CC1. The van der Waals surface area contributed by atoms with E-state index in [0.29, 0.717) is 56.6 Å². The summed E-state index contributed by atoms with van der Waals surface area (Å²) in [6, 6.07) is 14.7. The smallest absolute Gasteiger partial charge is 0.306 e. The molecule has 0 saturated carbocycles. The van der Waals surface area contributed by atoms with E-state index in [2.05, 4.69) is 15.5 Å². The normalized spacial score (nSPS) is 14.7. The first-order valence-electron chi connectivity index (χ1n) is 15.3. The van der Waals surface area contributed by atoms with Crippen LogP contribution < -0.4 is 10.2 Å². The quantitative estimate of drug-likeness (QED) is 0.157. The zero-order chi connectivity index (χ0) is 32.0. The fraction of sp³-hybridized carbons (Fsp3) is 0.500. The number of nitrogens with one attached hydrogen (secondary N) is 1. The van der Waals surface area contributed by atoms with Gasteiger partial charge < -0.3 is 25.0 Å². The van der Waals surface area contributed by atoms with E-state index in [4.69, 9.17) is 11.2 Å². The van der Waals surface area contributed by atoms with Gasteiger partial charge in [0.2, 0.25) is 5.91 Å². The maximum atomic E-state index is 12.7. The van der Waals surface area contributed by atoms with Crippen LogP contribution in [0, 0.1) is 5.41 Å². The molecule has 1 aliphatic rings. The van der Waals surface area contributed by atoms with E-state index in [1.165, 1.54) is 0 Å². The first kappa shape index (κ1) is 31.7. The number of benzene rings is 2. The first-order chi connectivity index (χ1) is 21.1. The molecule has 1 heterocycles. The third-order valence-electron chi connectivity index (χ3n) is 7.39. The number of hydrogen-bond acceptors (Lipinski definition) is 8. The van der Waals surface area contributed by atoms with Crippen LogP contribution in [0.3, 0.4) is 0 Å². The van der Waals surface area contributed by atoms with Crippen molar-refractivity contribution in [1.82, 2.24) is 10.2 Å². The number of esters is 1. The van der Waals surface area contributed by atoms with Crippen molar-refractivity contribution in [1.29, 1.82) is 0 Å². The molecule has 1 saturated heterocycles. The summed E-state index contributed by atoms with van der Waals surface area (Å²) in [5, 5.41) is 20.1. The summed E-state index contributed by atoms with van der Waals surface area (Å²) in [7, 11) is 3.95. The van der Waals surface area contributed by atoms with E-state index >= 15 is 0 Å². The highest BCUT2D eigenvalue weighted by Crippen LogP contribution is 2.31. The molecule has 11 heteroatoms. The van der Waals surface area contributed by atoms with Gasteiger partial charge >= 0.3 is 11.9 Å². The van der Waals surface area contributed by atoms with Gasteiger partial charge in [-0.2, -0.15) is 10.2 Å². The van der Waals surface area contributed by atoms with Crippen LogP contribution in [0.2, 0.25) is 0 Å². The van der Waals surface area contributed by atoms with Gasteiger partial charge in [-0.1, -0.05) is 13.3 Å². The average molecular weight is 596 g/mol. The van der Waals surface area contributed by atoms with E-state index in [1.807, 2.05) is 43.3 Å². The Morgan fingerprint density at radius 1 is 0.930 bits per heavy atom. The number of hydrogen-bond donors (Lipinski definition) is 2. The molecule has 0 aromatic heterocycles.